The molecule has 4 rings (SSSR count). The van der Waals surface area contributed by atoms with Crippen LogP contribution in [0.4, 0.5) is 0 Å². The molecule has 0 bridgehead atoms. The van der Waals surface area contributed by atoms with Crippen molar-refractivity contribution < 1.29 is 9.47 Å². The first kappa shape index (κ1) is 17.4. The first-order valence-electron chi connectivity index (χ1n) is 9.37. The second-order valence-corrected chi connectivity index (χ2v) is 7.53. The van der Waals surface area contributed by atoms with Crippen LogP contribution in [0.3, 0.4) is 0 Å². The van der Waals surface area contributed by atoms with Crippen LogP contribution in [0.2, 0.25) is 0 Å². The van der Waals surface area contributed by atoms with E-state index in [1.54, 1.807) is 12.4 Å². The zero-order chi connectivity index (χ0) is 17.8. The van der Waals surface area contributed by atoms with Crippen LogP contribution in [0.5, 0.6) is 5.88 Å². The molecule has 6 nitrogen and oxygen atoms in total. The van der Waals surface area contributed by atoms with E-state index in [4.69, 9.17) is 9.47 Å². The number of pyridine rings is 1. The van der Waals surface area contributed by atoms with Crippen molar-refractivity contribution in [3.8, 4) is 5.88 Å². The average molecular weight is 354 g/mol. The zero-order valence-corrected chi connectivity index (χ0v) is 15.3. The van der Waals surface area contributed by atoms with Gasteiger partial charge in [-0.25, -0.2) is 4.98 Å². The van der Waals surface area contributed by atoms with Crippen molar-refractivity contribution in [3.05, 3.63) is 48.2 Å². The third-order valence-electron chi connectivity index (χ3n) is 5.26. The molecule has 6 heteroatoms. The lowest BCUT2D eigenvalue weighted by atomic mass is 9.79. The lowest BCUT2D eigenvalue weighted by molar-refractivity contribution is -0.182. The van der Waals surface area contributed by atoms with Gasteiger partial charge in [0.15, 0.2) is 0 Å². The van der Waals surface area contributed by atoms with Crippen molar-refractivity contribution in [1.82, 2.24) is 19.9 Å². The zero-order valence-electron chi connectivity index (χ0n) is 15.3. The van der Waals surface area contributed by atoms with Gasteiger partial charge in [-0.3, -0.25) is 14.9 Å². The lowest BCUT2D eigenvalue weighted by Gasteiger charge is -2.53. The van der Waals surface area contributed by atoms with Gasteiger partial charge in [-0.2, -0.15) is 0 Å². The molecule has 0 amide bonds. The van der Waals surface area contributed by atoms with Gasteiger partial charge in [0.25, 0.3) is 0 Å². The van der Waals surface area contributed by atoms with E-state index in [-0.39, 0.29) is 5.60 Å². The van der Waals surface area contributed by atoms with Gasteiger partial charge in [-0.15, -0.1) is 0 Å². The van der Waals surface area contributed by atoms with Crippen molar-refractivity contribution in [3.63, 3.8) is 0 Å². The predicted molar refractivity (Wildman–Crippen MR) is 97.8 cm³/mol. The monoisotopic (exact) mass is 354 g/mol. The number of hydrogen-bond donors (Lipinski definition) is 0. The molecule has 1 atom stereocenters. The fourth-order valence-electron chi connectivity index (χ4n) is 4.07. The maximum Gasteiger partial charge on any atom is 0.232 e. The topological polar surface area (TPSA) is 60.4 Å². The first-order chi connectivity index (χ1) is 12.7. The van der Waals surface area contributed by atoms with Gasteiger partial charge in [-0.1, -0.05) is 6.07 Å². The maximum atomic E-state index is 6.16. The summed E-state index contributed by atoms with van der Waals surface area (Å²) >= 11 is 0. The second-order valence-electron chi connectivity index (χ2n) is 7.53. The second kappa shape index (κ2) is 7.68. The van der Waals surface area contributed by atoms with Gasteiger partial charge in [0, 0.05) is 44.8 Å². The highest BCUT2D eigenvalue weighted by molar-refractivity contribution is 5.11. The summed E-state index contributed by atoms with van der Waals surface area (Å²) < 4.78 is 11.9. The van der Waals surface area contributed by atoms with E-state index < -0.39 is 0 Å². The molecule has 2 aliphatic heterocycles. The molecule has 0 unspecified atom stereocenters. The molecule has 0 aromatic carbocycles. The Hall–Kier alpha value is -2.05. The van der Waals surface area contributed by atoms with Gasteiger partial charge in [0.1, 0.15) is 0 Å². The van der Waals surface area contributed by atoms with Crippen molar-refractivity contribution >= 4 is 0 Å². The third kappa shape index (κ3) is 4.19. The molecule has 138 valence electrons. The highest BCUT2D eigenvalue weighted by Gasteiger charge is 2.47. The molecule has 1 spiro atoms. The van der Waals surface area contributed by atoms with Gasteiger partial charge >= 0.3 is 0 Å². The molecule has 0 aliphatic carbocycles. The van der Waals surface area contributed by atoms with Gasteiger partial charge < -0.3 is 9.47 Å². The summed E-state index contributed by atoms with van der Waals surface area (Å²) in [5, 5.41) is 0. The molecule has 2 aromatic heterocycles. The van der Waals surface area contributed by atoms with E-state index >= 15 is 0 Å². The predicted octanol–water partition coefficient (Wildman–Crippen LogP) is 2.63. The van der Waals surface area contributed by atoms with E-state index in [1.807, 2.05) is 25.4 Å². The highest BCUT2D eigenvalue weighted by Crippen LogP contribution is 2.38. The van der Waals surface area contributed by atoms with Crippen molar-refractivity contribution in [2.75, 3.05) is 26.3 Å². The molecular weight excluding hydrogens is 328 g/mol. The third-order valence-corrected chi connectivity index (χ3v) is 5.26. The quantitative estimate of drug-likeness (QED) is 0.795. The summed E-state index contributed by atoms with van der Waals surface area (Å²) in [7, 11) is 0. The molecule has 4 heterocycles. The Bertz CT molecular complexity index is 719. The molecule has 2 aliphatic rings. The van der Waals surface area contributed by atoms with Crippen molar-refractivity contribution in [2.45, 2.75) is 38.3 Å². The Morgan fingerprint density at radius 1 is 1.27 bits per heavy atom. The van der Waals surface area contributed by atoms with Crippen LogP contribution in [-0.4, -0.2) is 51.8 Å². The molecule has 0 saturated carbocycles. The minimum atomic E-state index is 0.0499. The first-order valence-corrected chi connectivity index (χ1v) is 9.37. The Kier molecular flexibility index (Phi) is 5.13. The molecule has 0 N–H and O–H groups in total. The van der Waals surface area contributed by atoms with Crippen LogP contribution in [0.15, 0.2) is 36.9 Å². The summed E-state index contributed by atoms with van der Waals surface area (Å²) in [5.74, 6) is 1.28. The minimum Gasteiger partial charge on any atom is -0.477 e. The Morgan fingerprint density at radius 3 is 3.00 bits per heavy atom. The van der Waals surface area contributed by atoms with Crippen LogP contribution in [0.25, 0.3) is 0 Å². The van der Waals surface area contributed by atoms with Crippen LogP contribution < -0.4 is 4.74 Å². The molecule has 2 aromatic rings. The molecule has 2 saturated heterocycles. The van der Waals surface area contributed by atoms with Gasteiger partial charge in [0.05, 0.1) is 24.1 Å². The number of aromatic nitrogens is 3. The number of nitrogens with zero attached hydrogens (tertiary/aromatic N) is 4. The summed E-state index contributed by atoms with van der Waals surface area (Å²) in [6.45, 7) is 6.47. The molecular formula is C20H26N4O2. The molecule has 26 heavy (non-hydrogen) atoms. The van der Waals surface area contributed by atoms with E-state index in [0.29, 0.717) is 18.4 Å². The van der Waals surface area contributed by atoms with E-state index in [9.17, 15) is 0 Å². The van der Waals surface area contributed by atoms with Crippen LogP contribution in [-0.2, 0) is 11.3 Å². The van der Waals surface area contributed by atoms with E-state index in [1.165, 1.54) is 5.56 Å². The Balaban J connectivity index is 1.22. The summed E-state index contributed by atoms with van der Waals surface area (Å²) in [6, 6.07) is 4.13. The maximum absolute atomic E-state index is 6.16. The minimum absolute atomic E-state index is 0.0499. The van der Waals surface area contributed by atoms with Crippen LogP contribution in [0, 0.1) is 12.8 Å². The lowest BCUT2D eigenvalue weighted by Crippen LogP contribution is -2.64. The normalized spacial score (nSPS) is 22.1. The van der Waals surface area contributed by atoms with E-state index in [2.05, 4.69) is 25.9 Å². The SMILES string of the molecule is Cc1cncc(OCC[C@@H]2CCOC3(C2)CN(Cc2cccnc2)C3)n1. The number of aryl methyl sites for hydroxylation is 1. The highest BCUT2D eigenvalue weighted by atomic mass is 16.5. The van der Waals surface area contributed by atoms with Crippen molar-refractivity contribution in [1.29, 1.82) is 0 Å². The standard InChI is InChI=1S/C20H26N4O2/c1-16-10-22-12-19(23-16)25-7-4-17-5-8-26-20(9-17)14-24(15-20)13-18-3-2-6-21-11-18/h2-3,6,10-12,17H,4-5,7-9,13-15H2,1H3/t17-/m1/s1. The Morgan fingerprint density at radius 2 is 2.19 bits per heavy atom. The van der Waals surface area contributed by atoms with Gasteiger partial charge in [-0.05, 0) is 43.7 Å². The van der Waals surface area contributed by atoms with Crippen LogP contribution >= 0.6 is 0 Å². The number of hydrogen-bond acceptors (Lipinski definition) is 6. The number of ether oxygens (including phenoxy) is 2. The summed E-state index contributed by atoms with van der Waals surface area (Å²) in [6.07, 6.45) is 10.5. The number of rotatable bonds is 6. The van der Waals surface area contributed by atoms with Gasteiger partial charge in [0.2, 0.25) is 5.88 Å². The largest absolute Gasteiger partial charge is 0.477 e. The molecule has 0 radical (unpaired) electrons. The summed E-state index contributed by atoms with van der Waals surface area (Å²) in [4.78, 5) is 15.1. The average Bonchev–Trinajstić information content (AvgIpc) is 2.62. The fraction of sp³-hybridized carbons (Fsp3) is 0.550. The van der Waals surface area contributed by atoms with Crippen molar-refractivity contribution in [2.24, 2.45) is 5.92 Å². The van der Waals surface area contributed by atoms with E-state index in [0.717, 1.165) is 51.2 Å². The molecule has 2 fully saturated rings. The summed E-state index contributed by atoms with van der Waals surface area (Å²) in [5.41, 5.74) is 2.20. The smallest absolute Gasteiger partial charge is 0.232 e. The van der Waals surface area contributed by atoms with Crippen LogP contribution in [0.1, 0.15) is 30.5 Å². The Labute approximate surface area is 154 Å². The number of likely N-dealkylation sites (tertiary alicyclic amines) is 1. The fourth-order valence-corrected chi connectivity index (χ4v) is 4.07.